The maximum absolute atomic E-state index is 11.9. The van der Waals surface area contributed by atoms with Gasteiger partial charge in [-0.25, -0.2) is 9.59 Å². The summed E-state index contributed by atoms with van der Waals surface area (Å²) < 4.78 is 0. The van der Waals surface area contributed by atoms with Crippen LogP contribution in [0.15, 0.2) is 0 Å². The minimum absolute atomic E-state index is 0.135. The predicted octanol–water partition coefficient (Wildman–Crippen LogP) is 0.0488. The number of hydrogen-bond donors (Lipinski definition) is 4. The molecule has 3 amide bonds. The molecule has 0 heterocycles. The van der Waals surface area contributed by atoms with Gasteiger partial charge in [0, 0.05) is 0 Å². The van der Waals surface area contributed by atoms with Gasteiger partial charge in [-0.3, -0.25) is 4.79 Å². The molecule has 104 valence electrons. The van der Waals surface area contributed by atoms with Gasteiger partial charge in [-0.1, -0.05) is 27.2 Å². The van der Waals surface area contributed by atoms with E-state index in [9.17, 15) is 14.4 Å². The molecule has 0 aromatic rings. The first kappa shape index (κ1) is 16.2. The summed E-state index contributed by atoms with van der Waals surface area (Å²) in [7, 11) is 0. The number of carbonyl (C=O) groups is 3. The van der Waals surface area contributed by atoms with E-state index in [1.54, 1.807) is 13.8 Å². The van der Waals surface area contributed by atoms with Gasteiger partial charge in [0.05, 0.1) is 0 Å². The fourth-order valence-corrected chi connectivity index (χ4v) is 1.46. The number of nitrogens with two attached hydrogens (primary N) is 1. The molecule has 0 bridgehead atoms. The summed E-state index contributed by atoms with van der Waals surface area (Å²) in [5.74, 6) is -1.77. The largest absolute Gasteiger partial charge is 0.480 e. The van der Waals surface area contributed by atoms with E-state index in [0.29, 0.717) is 6.42 Å². The Labute approximate surface area is 106 Å². The molecule has 18 heavy (non-hydrogen) atoms. The Hall–Kier alpha value is -1.79. The first-order valence-corrected chi connectivity index (χ1v) is 5.92. The van der Waals surface area contributed by atoms with E-state index in [-0.39, 0.29) is 12.3 Å². The lowest BCUT2D eigenvalue weighted by atomic mass is 9.98. The number of carboxylic acids is 1. The van der Waals surface area contributed by atoms with Crippen LogP contribution < -0.4 is 16.4 Å². The molecule has 7 nitrogen and oxygen atoms in total. The van der Waals surface area contributed by atoms with Crippen LogP contribution in [0.5, 0.6) is 0 Å². The van der Waals surface area contributed by atoms with Crippen LogP contribution in [0, 0.1) is 5.92 Å². The lowest BCUT2D eigenvalue weighted by Crippen LogP contribution is -2.54. The zero-order chi connectivity index (χ0) is 14.3. The van der Waals surface area contributed by atoms with E-state index < -0.39 is 30.0 Å². The molecule has 0 fully saturated rings. The summed E-state index contributed by atoms with van der Waals surface area (Å²) in [6.07, 6.45) is 0.924. The summed E-state index contributed by atoms with van der Waals surface area (Å²) >= 11 is 0. The molecule has 0 spiro atoms. The number of hydrogen-bond acceptors (Lipinski definition) is 3. The van der Waals surface area contributed by atoms with E-state index in [1.807, 2.05) is 6.92 Å². The van der Waals surface area contributed by atoms with E-state index in [4.69, 9.17) is 10.8 Å². The fraction of sp³-hybridized carbons (Fsp3) is 0.727. The van der Waals surface area contributed by atoms with Crippen molar-refractivity contribution >= 4 is 17.9 Å². The van der Waals surface area contributed by atoms with Crippen molar-refractivity contribution in [2.75, 3.05) is 0 Å². The van der Waals surface area contributed by atoms with Crippen LogP contribution in [0.1, 0.15) is 33.6 Å². The molecule has 0 aliphatic rings. The topological polar surface area (TPSA) is 122 Å². The van der Waals surface area contributed by atoms with E-state index >= 15 is 0 Å². The maximum atomic E-state index is 11.9. The molecular formula is C11H21N3O4. The molecule has 0 aliphatic heterocycles. The smallest absolute Gasteiger partial charge is 0.326 e. The second-order valence-corrected chi connectivity index (χ2v) is 4.18. The minimum Gasteiger partial charge on any atom is -0.480 e. The number of rotatable bonds is 7. The quantitative estimate of drug-likeness (QED) is 0.516. The Bertz CT molecular complexity index is 319. The monoisotopic (exact) mass is 259 g/mol. The number of urea groups is 1. The predicted molar refractivity (Wildman–Crippen MR) is 65.8 cm³/mol. The van der Waals surface area contributed by atoms with E-state index in [1.165, 1.54) is 0 Å². The van der Waals surface area contributed by atoms with Crippen LogP contribution in [-0.2, 0) is 9.59 Å². The van der Waals surface area contributed by atoms with Crippen molar-refractivity contribution in [2.45, 2.75) is 45.7 Å². The highest BCUT2D eigenvalue weighted by Crippen LogP contribution is 2.08. The van der Waals surface area contributed by atoms with Gasteiger partial charge in [-0.05, 0) is 12.3 Å². The molecule has 0 saturated carbocycles. The lowest BCUT2D eigenvalue weighted by Gasteiger charge is -2.24. The summed E-state index contributed by atoms with van der Waals surface area (Å²) in [5.41, 5.74) is 5.00. The highest BCUT2D eigenvalue weighted by atomic mass is 16.4. The number of carbonyl (C=O) groups excluding carboxylic acids is 2. The first-order chi connectivity index (χ1) is 8.33. The van der Waals surface area contributed by atoms with Gasteiger partial charge in [0.1, 0.15) is 12.1 Å². The van der Waals surface area contributed by atoms with Crippen LogP contribution in [0.3, 0.4) is 0 Å². The van der Waals surface area contributed by atoms with Crippen molar-refractivity contribution in [3.8, 4) is 0 Å². The van der Waals surface area contributed by atoms with Gasteiger partial charge in [0.2, 0.25) is 5.91 Å². The van der Waals surface area contributed by atoms with Gasteiger partial charge in [-0.15, -0.1) is 0 Å². The summed E-state index contributed by atoms with van der Waals surface area (Å²) in [5, 5.41) is 13.6. The molecular weight excluding hydrogens is 238 g/mol. The Morgan fingerprint density at radius 2 is 1.72 bits per heavy atom. The van der Waals surface area contributed by atoms with Gasteiger partial charge in [0.15, 0.2) is 0 Å². The van der Waals surface area contributed by atoms with Gasteiger partial charge >= 0.3 is 12.0 Å². The third-order valence-electron chi connectivity index (χ3n) is 2.82. The Kier molecular flexibility index (Phi) is 6.77. The Morgan fingerprint density at radius 3 is 2.06 bits per heavy atom. The molecule has 3 atom stereocenters. The molecule has 0 aromatic carbocycles. The highest BCUT2D eigenvalue weighted by Gasteiger charge is 2.28. The molecule has 7 heteroatoms. The van der Waals surface area contributed by atoms with E-state index in [2.05, 4.69) is 10.6 Å². The minimum atomic E-state index is -1.10. The molecule has 0 rings (SSSR count). The molecule has 5 N–H and O–H groups in total. The molecule has 3 unspecified atom stereocenters. The average molecular weight is 259 g/mol. The summed E-state index contributed by atoms with van der Waals surface area (Å²) in [4.78, 5) is 33.6. The van der Waals surface area contributed by atoms with Crippen LogP contribution in [-0.4, -0.2) is 35.1 Å². The normalized spacial score (nSPS) is 15.3. The van der Waals surface area contributed by atoms with Gasteiger partial charge in [0.25, 0.3) is 0 Å². The third kappa shape index (κ3) is 5.03. The van der Waals surface area contributed by atoms with Crippen molar-refractivity contribution in [1.82, 2.24) is 10.6 Å². The average Bonchev–Trinajstić information content (AvgIpc) is 2.30. The standard InChI is InChI=1S/C11H21N3O4/c1-4-6(3)8(14-11(12)18)9(15)13-7(5-2)10(16)17/h6-8H,4-5H2,1-3H3,(H,13,15)(H,16,17)(H3,12,14,18). The van der Waals surface area contributed by atoms with Gasteiger partial charge < -0.3 is 21.5 Å². The molecule has 0 aliphatic carbocycles. The number of primary amides is 1. The highest BCUT2D eigenvalue weighted by molar-refractivity contribution is 5.89. The SMILES string of the molecule is CCC(NC(=O)C(NC(N)=O)C(C)CC)C(=O)O. The van der Waals surface area contributed by atoms with Crippen molar-refractivity contribution in [3.05, 3.63) is 0 Å². The maximum Gasteiger partial charge on any atom is 0.326 e. The van der Waals surface area contributed by atoms with E-state index in [0.717, 1.165) is 0 Å². The third-order valence-corrected chi connectivity index (χ3v) is 2.82. The molecule has 0 saturated heterocycles. The second-order valence-electron chi connectivity index (χ2n) is 4.18. The zero-order valence-electron chi connectivity index (χ0n) is 10.9. The van der Waals surface area contributed by atoms with Crippen LogP contribution in [0.25, 0.3) is 0 Å². The van der Waals surface area contributed by atoms with Crippen LogP contribution in [0.2, 0.25) is 0 Å². The van der Waals surface area contributed by atoms with Crippen LogP contribution in [0.4, 0.5) is 4.79 Å². The number of carboxylic acid groups (broad SMARTS) is 1. The van der Waals surface area contributed by atoms with Crippen molar-refractivity contribution in [1.29, 1.82) is 0 Å². The van der Waals surface area contributed by atoms with Crippen LogP contribution >= 0.6 is 0 Å². The fourth-order valence-electron chi connectivity index (χ4n) is 1.46. The van der Waals surface area contributed by atoms with Gasteiger partial charge in [-0.2, -0.15) is 0 Å². The van der Waals surface area contributed by atoms with Crippen molar-refractivity contribution in [2.24, 2.45) is 11.7 Å². The number of amides is 3. The Morgan fingerprint density at radius 1 is 1.17 bits per heavy atom. The first-order valence-electron chi connectivity index (χ1n) is 5.92. The van der Waals surface area contributed by atoms with Crippen molar-refractivity contribution < 1.29 is 19.5 Å². The summed E-state index contributed by atoms with van der Waals surface area (Å²) in [6, 6.07) is -2.58. The molecule has 0 radical (unpaired) electrons. The second kappa shape index (κ2) is 7.52. The number of nitrogens with one attached hydrogen (secondary N) is 2. The lowest BCUT2D eigenvalue weighted by molar-refractivity contribution is -0.142. The number of aliphatic carboxylic acids is 1. The zero-order valence-corrected chi connectivity index (χ0v) is 10.9. The Balaban J connectivity index is 4.74. The molecule has 0 aromatic heterocycles. The van der Waals surface area contributed by atoms with Crippen molar-refractivity contribution in [3.63, 3.8) is 0 Å². The summed E-state index contributed by atoms with van der Waals surface area (Å²) in [6.45, 7) is 5.29.